The molecule has 3 saturated heterocycles. The van der Waals surface area contributed by atoms with Crippen LogP contribution in [0, 0.1) is 44.8 Å². The molecule has 0 aromatic heterocycles. The minimum Gasteiger partial charge on any atom is -0.390 e. The standard InChI is InChI=1S/C35H56O10/c1-28(2)19-7-8-20-31(6)26(40)24(39)25-30(5)11-14-35(45-30,29(3,4)41)43-17-34(25,31)13-12-33(20)16-32(19,33)10-9-21(28)44-27-23(38)22(37)18(36)15-42-27/h18-27,36-41H,7-17H2,1-6H3/t18-,19-,20+,21+,22+,23-,24-,25+,26-,27+,30+,31-,32-,33+,34+,35+/m1/s1. The molecular formula is C35H56O10. The molecule has 5 saturated carbocycles. The second-order valence-electron chi connectivity index (χ2n) is 18.3. The fourth-order valence-electron chi connectivity index (χ4n) is 13.9. The summed E-state index contributed by atoms with van der Waals surface area (Å²) in [5, 5.41) is 66.2. The number of aliphatic hydroxyl groups excluding tert-OH is 5. The minimum absolute atomic E-state index is 0.0654. The fourth-order valence-corrected chi connectivity index (χ4v) is 13.9. The quantitative estimate of drug-likeness (QED) is 0.254. The van der Waals surface area contributed by atoms with Crippen molar-refractivity contribution in [3.05, 3.63) is 0 Å². The summed E-state index contributed by atoms with van der Waals surface area (Å²) in [5.74, 6) is -0.821. The van der Waals surface area contributed by atoms with E-state index in [1.807, 2.05) is 0 Å². The predicted molar refractivity (Wildman–Crippen MR) is 160 cm³/mol. The van der Waals surface area contributed by atoms with Crippen molar-refractivity contribution in [3.63, 3.8) is 0 Å². The van der Waals surface area contributed by atoms with Gasteiger partial charge >= 0.3 is 0 Å². The Hall–Kier alpha value is -0.400. The van der Waals surface area contributed by atoms with Crippen LogP contribution in [-0.4, -0.2) is 104 Å². The first-order valence-electron chi connectivity index (χ1n) is 17.6. The van der Waals surface area contributed by atoms with Gasteiger partial charge in [0.2, 0.25) is 0 Å². The van der Waals surface area contributed by atoms with E-state index in [0.29, 0.717) is 25.4 Å². The van der Waals surface area contributed by atoms with Crippen LogP contribution in [0.3, 0.4) is 0 Å². The summed E-state index contributed by atoms with van der Waals surface area (Å²) in [4.78, 5) is 0. The molecular weight excluding hydrogens is 580 g/mol. The maximum atomic E-state index is 12.2. The Morgan fingerprint density at radius 3 is 2.13 bits per heavy atom. The molecule has 10 heteroatoms. The molecule has 8 rings (SSSR count). The Morgan fingerprint density at radius 1 is 0.756 bits per heavy atom. The van der Waals surface area contributed by atoms with Crippen LogP contribution >= 0.6 is 0 Å². The molecule has 0 aromatic rings. The van der Waals surface area contributed by atoms with Crippen LogP contribution in [0.5, 0.6) is 0 Å². The largest absolute Gasteiger partial charge is 0.390 e. The van der Waals surface area contributed by atoms with Gasteiger partial charge in [0.25, 0.3) is 0 Å². The third-order valence-electron chi connectivity index (χ3n) is 16.1. The van der Waals surface area contributed by atoms with Crippen molar-refractivity contribution in [2.45, 2.75) is 159 Å². The normalized spacial score (nSPS) is 61.3. The summed E-state index contributed by atoms with van der Waals surface area (Å²) in [6.45, 7) is 12.6. The van der Waals surface area contributed by atoms with Crippen molar-refractivity contribution in [1.29, 1.82) is 0 Å². The molecule has 8 fully saturated rings. The zero-order valence-corrected chi connectivity index (χ0v) is 27.9. The van der Waals surface area contributed by atoms with Crippen LogP contribution in [0.2, 0.25) is 0 Å². The first-order chi connectivity index (χ1) is 20.9. The van der Waals surface area contributed by atoms with Gasteiger partial charge in [-0.3, -0.25) is 0 Å². The molecule has 16 atom stereocenters. The Labute approximate surface area is 266 Å². The van der Waals surface area contributed by atoms with Gasteiger partial charge in [-0.05, 0) is 100 Å². The molecule has 3 heterocycles. The van der Waals surface area contributed by atoms with Gasteiger partial charge in [-0.1, -0.05) is 20.8 Å². The lowest BCUT2D eigenvalue weighted by molar-refractivity contribution is -0.316. The van der Waals surface area contributed by atoms with Crippen LogP contribution in [-0.2, 0) is 18.9 Å². The van der Waals surface area contributed by atoms with Crippen LogP contribution in [0.25, 0.3) is 0 Å². The third kappa shape index (κ3) is 3.56. The lowest BCUT2D eigenvalue weighted by atomic mass is 9.41. The summed E-state index contributed by atoms with van der Waals surface area (Å²) in [6.07, 6.45) is 1.20. The third-order valence-corrected chi connectivity index (χ3v) is 16.1. The Bertz CT molecular complexity index is 1240. The lowest BCUT2D eigenvalue weighted by Crippen LogP contribution is -2.63. The summed E-state index contributed by atoms with van der Waals surface area (Å²) in [6, 6.07) is 0. The highest BCUT2D eigenvalue weighted by atomic mass is 16.7. The zero-order valence-electron chi connectivity index (χ0n) is 27.9. The van der Waals surface area contributed by atoms with E-state index in [1.54, 1.807) is 13.8 Å². The highest BCUT2D eigenvalue weighted by molar-refractivity contribution is 5.34. The molecule has 45 heavy (non-hydrogen) atoms. The molecule has 0 unspecified atom stereocenters. The lowest BCUT2D eigenvalue weighted by Gasteiger charge is -2.64. The van der Waals surface area contributed by atoms with E-state index in [2.05, 4.69) is 27.7 Å². The van der Waals surface area contributed by atoms with E-state index < -0.39 is 64.6 Å². The molecule has 0 amide bonds. The maximum absolute atomic E-state index is 12.2. The molecule has 3 aliphatic heterocycles. The summed E-state index contributed by atoms with van der Waals surface area (Å²) in [5.41, 5.74) is -3.01. The molecule has 0 radical (unpaired) electrons. The van der Waals surface area contributed by atoms with Gasteiger partial charge in [-0.25, -0.2) is 0 Å². The Kier molecular flexibility index (Phi) is 6.53. The number of aliphatic hydroxyl groups is 6. The summed E-state index contributed by atoms with van der Waals surface area (Å²) < 4.78 is 25.6. The number of hydrogen-bond acceptors (Lipinski definition) is 10. The zero-order chi connectivity index (χ0) is 32.4. The average Bonchev–Trinajstić information content (AvgIpc) is 3.47. The van der Waals surface area contributed by atoms with Crippen molar-refractivity contribution in [2.24, 2.45) is 44.8 Å². The molecule has 2 bridgehead atoms. The van der Waals surface area contributed by atoms with E-state index in [1.165, 1.54) is 0 Å². The maximum Gasteiger partial charge on any atom is 0.197 e. The van der Waals surface area contributed by atoms with E-state index in [-0.39, 0.29) is 40.8 Å². The van der Waals surface area contributed by atoms with Gasteiger partial charge in [0.05, 0.1) is 37.1 Å². The van der Waals surface area contributed by atoms with Crippen LogP contribution in [0.4, 0.5) is 0 Å². The second-order valence-corrected chi connectivity index (χ2v) is 18.3. The number of hydrogen-bond donors (Lipinski definition) is 6. The molecule has 3 spiro atoms. The molecule has 10 nitrogen and oxygen atoms in total. The smallest absolute Gasteiger partial charge is 0.197 e. The highest BCUT2D eigenvalue weighted by Gasteiger charge is 2.87. The van der Waals surface area contributed by atoms with Crippen LogP contribution in [0.15, 0.2) is 0 Å². The summed E-state index contributed by atoms with van der Waals surface area (Å²) in [7, 11) is 0. The van der Waals surface area contributed by atoms with E-state index >= 15 is 0 Å². The molecule has 6 N–H and O–H groups in total. The van der Waals surface area contributed by atoms with E-state index in [9.17, 15) is 30.6 Å². The Morgan fingerprint density at radius 2 is 1.42 bits per heavy atom. The first-order valence-corrected chi connectivity index (χ1v) is 17.6. The molecule has 256 valence electrons. The van der Waals surface area contributed by atoms with Gasteiger partial charge in [0.1, 0.15) is 23.9 Å². The van der Waals surface area contributed by atoms with Gasteiger partial charge < -0.3 is 49.6 Å². The first kappa shape index (κ1) is 31.8. The van der Waals surface area contributed by atoms with Crippen molar-refractivity contribution in [1.82, 2.24) is 0 Å². The average molecular weight is 637 g/mol. The number of ether oxygens (including phenoxy) is 4. The van der Waals surface area contributed by atoms with Crippen molar-refractivity contribution >= 4 is 0 Å². The second kappa shape index (κ2) is 9.23. The number of rotatable bonds is 3. The van der Waals surface area contributed by atoms with Crippen molar-refractivity contribution in [2.75, 3.05) is 13.2 Å². The van der Waals surface area contributed by atoms with Gasteiger partial charge in [0.15, 0.2) is 12.1 Å². The molecule has 5 aliphatic carbocycles. The van der Waals surface area contributed by atoms with Crippen LogP contribution < -0.4 is 0 Å². The van der Waals surface area contributed by atoms with Crippen LogP contribution in [0.1, 0.15) is 99.3 Å². The van der Waals surface area contributed by atoms with Gasteiger partial charge in [0, 0.05) is 23.2 Å². The Balaban J connectivity index is 1.11. The summed E-state index contributed by atoms with van der Waals surface area (Å²) >= 11 is 0. The van der Waals surface area contributed by atoms with Gasteiger partial charge in [-0.15, -0.1) is 0 Å². The predicted octanol–water partition coefficient (Wildman–Crippen LogP) is 2.24. The number of fused-ring (bicyclic) bond motifs is 4. The van der Waals surface area contributed by atoms with Crippen molar-refractivity contribution in [3.8, 4) is 0 Å². The topological polar surface area (TPSA) is 158 Å². The highest BCUT2D eigenvalue weighted by Crippen LogP contribution is 2.89. The molecule has 8 aliphatic rings. The van der Waals surface area contributed by atoms with Crippen molar-refractivity contribution < 1.29 is 49.6 Å². The minimum atomic E-state index is -1.31. The monoisotopic (exact) mass is 636 g/mol. The van der Waals surface area contributed by atoms with E-state index in [0.717, 1.165) is 44.9 Å². The SMILES string of the molecule is CC1(C)[C@@H](O[C@@H]2OC[C@@H](O)[C@H](O)[C@H]2O)CC[C@]23C[C@]24CC[C@]25CO[C@@]6(C(C)(C)O)CC[C@](C)(O6)[C@@H]2[C@@H](O)[C@@H](O)[C@@]5(C)[C@@H]4CC[C@H]13. The van der Waals surface area contributed by atoms with Gasteiger partial charge in [-0.2, -0.15) is 0 Å². The molecule has 0 aromatic carbocycles. The fraction of sp³-hybridized carbons (Fsp3) is 1.00. The van der Waals surface area contributed by atoms with E-state index in [4.69, 9.17) is 18.9 Å².